The number of alkyl halides is 3. The maximum atomic E-state index is 12.8. The van der Waals surface area contributed by atoms with Gasteiger partial charge in [-0.15, -0.1) is 0 Å². The molecule has 0 aliphatic carbocycles. The van der Waals surface area contributed by atoms with Gasteiger partial charge < -0.3 is 10.0 Å². The molecule has 0 spiro atoms. The van der Waals surface area contributed by atoms with Crippen molar-refractivity contribution in [2.24, 2.45) is 5.92 Å². The lowest BCUT2D eigenvalue weighted by Gasteiger charge is -2.26. The normalized spacial score (nSPS) is 22.7. The Labute approximate surface area is 128 Å². The zero-order valence-electron chi connectivity index (χ0n) is 11.3. The average Bonchev–Trinajstić information content (AvgIpc) is 2.78. The number of hydrogen-bond acceptors (Lipinski definition) is 2. The molecule has 1 aliphatic rings. The van der Waals surface area contributed by atoms with Crippen LogP contribution >= 0.6 is 15.9 Å². The van der Waals surface area contributed by atoms with Gasteiger partial charge in [-0.3, -0.25) is 4.79 Å². The maximum absolute atomic E-state index is 12.8. The lowest BCUT2D eigenvalue weighted by molar-refractivity contribution is -0.137. The molecule has 1 heterocycles. The first-order valence-corrected chi connectivity index (χ1v) is 7.33. The minimum absolute atomic E-state index is 0.0302. The van der Waals surface area contributed by atoms with Crippen LogP contribution in [0.25, 0.3) is 0 Å². The smallest absolute Gasteiger partial charge is 0.394 e. The third kappa shape index (κ3) is 3.23. The van der Waals surface area contributed by atoms with Crippen molar-refractivity contribution in [3.05, 3.63) is 33.8 Å². The highest BCUT2D eigenvalue weighted by atomic mass is 79.9. The maximum Gasteiger partial charge on any atom is 0.416 e. The highest BCUT2D eigenvalue weighted by Gasteiger charge is 2.36. The van der Waals surface area contributed by atoms with Crippen molar-refractivity contribution in [2.45, 2.75) is 25.6 Å². The lowest BCUT2D eigenvalue weighted by atomic mass is 10.0. The minimum atomic E-state index is -4.50. The molecule has 21 heavy (non-hydrogen) atoms. The van der Waals surface area contributed by atoms with Gasteiger partial charge in [0.15, 0.2) is 0 Å². The van der Waals surface area contributed by atoms with Crippen LogP contribution in [0.5, 0.6) is 0 Å². The van der Waals surface area contributed by atoms with Crippen molar-refractivity contribution >= 4 is 21.8 Å². The Balaban J connectivity index is 2.35. The van der Waals surface area contributed by atoms with E-state index < -0.39 is 17.6 Å². The molecule has 7 heteroatoms. The first-order chi connectivity index (χ1) is 9.75. The Kier molecular flexibility index (Phi) is 4.63. The third-order valence-electron chi connectivity index (χ3n) is 3.85. The summed E-state index contributed by atoms with van der Waals surface area (Å²) < 4.78 is 38.6. The number of amides is 1. The van der Waals surface area contributed by atoms with Gasteiger partial charge in [0, 0.05) is 11.0 Å². The Morgan fingerprint density at radius 2 is 2.14 bits per heavy atom. The van der Waals surface area contributed by atoms with Gasteiger partial charge in [0.1, 0.15) is 0 Å². The van der Waals surface area contributed by atoms with Gasteiger partial charge in [0.2, 0.25) is 0 Å². The van der Waals surface area contributed by atoms with Crippen LogP contribution in [0.2, 0.25) is 0 Å². The van der Waals surface area contributed by atoms with Crippen LogP contribution in [0.1, 0.15) is 29.3 Å². The molecule has 1 aliphatic heterocycles. The van der Waals surface area contributed by atoms with Crippen LogP contribution in [0.15, 0.2) is 22.7 Å². The summed E-state index contributed by atoms with van der Waals surface area (Å²) in [6, 6.07) is 2.66. The minimum Gasteiger partial charge on any atom is -0.394 e. The van der Waals surface area contributed by atoms with Crippen LogP contribution in [0.4, 0.5) is 13.2 Å². The van der Waals surface area contributed by atoms with E-state index in [9.17, 15) is 23.1 Å². The van der Waals surface area contributed by atoms with E-state index in [0.717, 1.165) is 18.6 Å². The number of likely N-dealkylation sites (tertiary alicyclic amines) is 1. The first-order valence-electron chi connectivity index (χ1n) is 6.54. The van der Waals surface area contributed by atoms with Crippen molar-refractivity contribution in [3.63, 3.8) is 0 Å². The first kappa shape index (κ1) is 16.3. The summed E-state index contributed by atoms with van der Waals surface area (Å²) in [7, 11) is 0. The van der Waals surface area contributed by atoms with Crippen LogP contribution in [0, 0.1) is 5.92 Å². The van der Waals surface area contributed by atoms with Crippen LogP contribution in [-0.2, 0) is 6.18 Å². The number of rotatable bonds is 2. The highest BCUT2D eigenvalue weighted by Crippen LogP contribution is 2.33. The summed E-state index contributed by atoms with van der Waals surface area (Å²) in [4.78, 5) is 13.9. The molecule has 0 bridgehead atoms. The molecule has 0 radical (unpaired) electrons. The summed E-state index contributed by atoms with van der Waals surface area (Å²) in [5, 5.41) is 9.37. The molecule has 0 aromatic heterocycles. The standard InChI is InChI=1S/C14H15BrF3NO2/c1-8-4-5-19(12(8)7-20)13(21)10-6-9(14(16,17)18)2-3-11(10)15/h2-3,6,8,12,20H,4-5,7H2,1H3. The van der Waals surface area contributed by atoms with Gasteiger partial charge in [-0.05, 0) is 46.5 Å². The quantitative estimate of drug-likeness (QED) is 0.873. The second-order valence-corrected chi connectivity index (χ2v) is 6.06. The fourth-order valence-corrected chi connectivity index (χ4v) is 2.98. The summed E-state index contributed by atoms with van der Waals surface area (Å²) in [6.45, 7) is 2.16. The summed E-state index contributed by atoms with van der Waals surface area (Å²) in [5.41, 5.74) is -0.890. The van der Waals surface area contributed by atoms with Gasteiger partial charge in [0.05, 0.1) is 23.8 Å². The number of carbonyl (C=O) groups excluding carboxylic acids is 1. The lowest BCUT2D eigenvalue weighted by Crippen LogP contribution is -2.40. The molecular weight excluding hydrogens is 351 g/mol. The second-order valence-electron chi connectivity index (χ2n) is 5.21. The van der Waals surface area contributed by atoms with E-state index in [1.54, 1.807) is 0 Å². The van der Waals surface area contributed by atoms with Gasteiger partial charge in [-0.2, -0.15) is 13.2 Å². The number of hydrogen-bond donors (Lipinski definition) is 1. The Bertz CT molecular complexity index is 548. The van der Waals surface area contributed by atoms with Gasteiger partial charge in [-0.1, -0.05) is 6.92 Å². The van der Waals surface area contributed by atoms with E-state index in [-0.39, 0.29) is 24.1 Å². The fourth-order valence-electron chi connectivity index (χ4n) is 2.56. The number of halogens is 4. The Morgan fingerprint density at radius 1 is 1.48 bits per heavy atom. The average molecular weight is 366 g/mol. The molecule has 116 valence electrons. The van der Waals surface area contributed by atoms with Crippen molar-refractivity contribution in [1.82, 2.24) is 4.90 Å². The number of carbonyl (C=O) groups is 1. The SMILES string of the molecule is CC1CCN(C(=O)c2cc(C(F)(F)F)ccc2Br)C1CO. The van der Waals surface area contributed by atoms with Gasteiger partial charge in [-0.25, -0.2) is 0 Å². The topological polar surface area (TPSA) is 40.5 Å². The summed E-state index contributed by atoms with van der Waals surface area (Å²) in [5.74, 6) is -0.361. The van der Waals surface area contributed by atoms with Crippen LogP contribution < -0.4 is 0 Å². The molecule has 1 saturated heterocycles. The Morgan fingerprint density at radius 3 is 2.71 bits per heavy atom. The molecule has 0 saturated carbocycles. The Hall–Kier alpha value is -1.08. The molecular formula is C14H15BrF3NO2. The van der Waals surface area contributed by atoms with Crippen molar-refractivity contribution in [2.75, 3.05) is 13.2 Å². The molecule has 1 aromatic rings. The predicted molar refractivity (Wildman–Crippen MR) is 74.8 cm³/mol. The van der Waals surface area contributed by atoms with Crippen molar-refractivity contribution < 1.29 is 23.1 Å². The number of nitrogens with zero attached hydrogens (tertiary/aromatic N) is 1. The van der Waals surface area contributed by atoms with Gasteiger partial charge in [0.25, 0.3) is 5.91 Å². The third-order valence-corrected chi connectivity index (χ3v) is 4.55. The van der Waals surface area contributed by atoms with E-state index in [1.165, 1.54) is 11.0 Å². The summed E-state index contributed by atoms with van der Waals surface area (Å²) >= 11 is 3.12. The van der Waals surface area contributed by atoms with E-state index >= 15 is 0 Å². The highest BCUT2D eigenvalue weighted by molar-refractivity contribution is 9.10. The molecule has 1 amide bonds. The van der Waals surface area contributed by atoms with Gasteiger partial charge >= 0.3 is 6.18 Å². The van der Waals surface area contributed by atoms with Crippen molar-refractivity contribution in [3.8, 4) is 0 Å². The molecule has 1 N–H and O–H groups in total. The monoisotopic (exact) mass is 365 g/mol. The zero-order valence-corrected chi connectivity index (χ0v) is 12.9. The van der Waals surface area contributed by atoms with Crippen LogP contribution in [0.3, 0.4) is 0 Å². The van der Waals surface area contributed by atoms with E-state index in [1.807, 2.05) is 6.92 Å². The van der Waals surface area contributed by atoms with E-state index in [4.69, 9.17) is 0 Å². The number of benzene rings is 1. The molecule has 2 rings (SSSR count). The fraction of sp³-hybridized carbons (Fsp3) is 0.500. The molecule has 1 fully saturated rings. The molecule has 2 atom stereocenters. The molecule has 3 nitrogen and oxygen atoms in total. The number of aliphatic hydroxyl groups is 1. The number of aliphatic hydroxyl groups excluding tert-OH is 1. The molecule has 1 aromatic carbocycles. The summed E-state index contributed by atoms with van der Waals surface area (Å²) in [6.07, 6.45) is -3.77. The molecule has 2 unspecified atom stereocenters. The largest absolute Gasteiger partial charge is 0.416 e. The van der Waals surface area contributed by atoms with Crippen LogP contribution in [-0.4, -0.2) is 35.1 Å². The van der Waals surface area contributed by atoms with Crippen molar-refractivity contribution in [1.29, 1.82) is 0 Å². The van der Waals surface area contributed by atoms with E-state index in [0.29, 0.717) is 11.0 Å². The second kappa shape index (κ2) is 5.96. The zero-order chi connectivity index (χ0) is 15.8. The predicted octanol–water partition coefficient (Wildman–Crippen LogP) is 3.31. The van der Waals surface area contributed by atoms with E-state index in [2.05, 4.69) is 15.9 Å².